The fourth-order valence-electron chi connectivity index (χ4n) is 2.12. The van der Waals surface area contributed by atoms with Crippen molar-refractivity contribution in [2.75, 3.05) is 20.0 Å². The molecule has 0 aliphatic rings. The number of pyridine rings is 1. The highest BCUT2D eigenvalue weighted by molar-refractivity contribution is 7.99. The molecule has 7 heteroatoms. The standard InChI is InChI=1S/C17H17N3O3S/c1-21-14-9-13(10-15(11-14)22-2)16-19-20-17(23-16)24-8-5-12-3-6-18-7-4-12/h3-4,6-7,9-11H,5,8H2,1-2H3. The number of nitrogens with zero attached hydrogens (tertiary/aromatic N) is 3. The minimum absolute atomic E-state index is 0.443. The second-order valence-electron chi connectivity index (χ2n) is 4.93. The van der Waals surface area contributed by atoms with E-state index >= 15 is 0 Å². The Morgan fingerprint density at radius 2 is 1.71 bits per heavy atom. The van der Waals surface area contributed by atoms with Gasteiger partial charge in [0.2, 0.25) is 5.89 Å². The molecule has 24 heavy (non-hydrogen) atoms. The molecule has 0 radical (unpaired) electrons. The zero-order valence-electron chi connectivity index (χ0n) is 13.4. The third-order valence-electron chi connectivity index (χ3n) is 3.37. The van der Waals surface area contributed by atoms with Gasteiger partial charge in [-0.25, -0.2) is 0 Å². The molecule has 3 rings (SSSR count). The van der Waals surface area contributed by atoms with Gasteiger partial charge in [0, 0.05) is 29.8 Å². The van der Waals surface area contributed by atoms with Crippen molar-refractivity contribution in [1.82, 2.24) is 15.2 Å². The van der Waals surface area contributed by atoms with Crippen LogP contribution >= 0.6 is 11.8 Å². The molecule has 0 N–H and O–H groups in total. The van der Waals surface area contributed by atoms with E-state index in [2.05, 4.69) is 15.2 Å². The second kappa shape index (κ2) is 7.83. The molecule has 0 unspecified atom stereocenters. The highest BCUT2D eigenvalue weighted by Gasteiger charge is 2.12. The van der Waals surface area contributed by atoms with E-state index < -0.39 is 0 Å². The highest BCUT2D eigenvalue weighted by atomic mass is 32.2. The Morgan fingerprint density at radius 1 is 1.00 bits per heavy atom. The van der Waals surface area contributed by atoms with Crippen LogP contribution < -0.4 is 9.47 Å². The van der Waals surface area contributed by atoms with Gasteiger partial charge in [-0.2, -0.15) is 0 Å². The van der Waals surface area contributed by atoms with E-state index in [1.165, 1.54) is 17.3 Å². The Labute approximate surface area is 144 Å². The number of thioether (sulfide) groups is 1. The maximum atomic E-state index is 5.72. The van der Waals surface area contributed by atoms with Crippen LogP contribution in [-0.4, -0.2) is 35.2 Å². The molecule has 0 spiro atoms. The number of methoxy groups -OCH3 is 2. The average Bonchev–Trinajstić information content (AvgIpc) is 3.11. The number of ether oxygens (including phenoxy) is 2. The van der Waals surface area contributed by atoms with Crippen molar-refractivity contribution in [3.8, 4) is 23.0 Å². The number of benzene rings is 1. The fraction of sp³-hybridized carbons (Fsp3) is 0.235. The van der Waals surface area contributed by atoms with Crippen LogP contribution in [0.25, 0.3) is 11.5 Å². The van der Waals surface area contributed by atoms with E-state index in [4.69, 9.17) is 13.9 Å². The molecule has 0 saturated carbocycles. The first-order valence-electron chi connectivity index (χ1n) is 7.37. The number of hydrogen-bond acceptors (Lipinski definition) is 7. The van der Waals surface area contributed by atoms with Crippen molar-refractivity contribution >= 4 is 11.8 Å². The lowest BCUT2D eigenvalue weighted by Crippen LogP contribution is -1.88. The quantitative estimate of drug-likeness (QED) is 0.608. The molecule has 0 atom stereocenters. The number of hydrogen-bond donors (Lipinski definition) is 0. The summed E-state index contributed by atoms with van der Waals surface area (Å²) < 4.78 is 16.2. The molecule has 124 valence electrons. The van der Waals surface area contributed by atoms with Gasteiger partial charge in [-0.15, -0.1) is 10.2 Å². The van der Waals surface area contributed by atoms with Crippen LogP contribution in [0.4, 0.5) is 0 Å². The molecule has 0 amide bonds. The van der Waals surface area contributed by atoms with Crippen molar-refractivity contribution in [2.45, 2.75) is 11.6 Å². The molecule has 6 nitrogen and oxygen atoms in total. The molecule has 1 aromatic carbocycles. The van der Waals surface area contributed by atoms with Crippen LogP contribution in [0.1, 0.15) is 5.56 Å². The van der Waals surface area contributed by atoms with Crippen LogP contribution in [0.2, 0.25) is 0 Å². The summed E-state index contributed by atoms with van der Waals surface area (Å²) in [6.45, 7) is 0. The minimum atomic E-state index is 0.443. The van der Waals surface area contributed by atoms with E-state index in [1.807, 2.05) is 24.3 Å². The lowest BCUT2D eigenvalue weighted by atomic mass is 10.2. The Balaban J connectivity index is 1.67. The Bertz CT molecular complexity index is 771. The molecule has 0 saturated heterocycles. The summed E-state index contributed by atoms with van der Waals surface area (Å²) in [4.78, 5) is 4.01. The fourth-order valence-corrected chi connectivity index (χ4v) is 2.87. The summed E-state index contributed by atoms with van der Waals surface area (Å²) in [6, 6.07) is 9.47. The highest BCUT2D eigenvalue weighted by Crippen LogP contribution is 2.30. The van der Waals surface area contributed by atoms with Crippen LogP contribution in [0.15, 0.2) is 52.4 Å². The molecule has 0 fully saturated rings. The first kappa shape index (κ1) is 16.3. The maximum absolute atomic E-state index is 5.72. The van der Waals surface area contributed by atoms with Crippen molar-refractivity contribution in [2.24, 2.45) is 0 Å². The van der Waals surface area contributed by atoms with Gasteiger partial charge in [0.25, 0.3) is 5.22 Å². The molecule has 0 aliphatic heterocycles. The van der Waals surface area contributed by atoms with Crippen LogP contribution in [0, 0.1) is 0 Å². The van der Waals surface area contributed by atoms with Gasteiger partial charge in [-0.1, -0.05) is 11.8 Å². The predicted molar refractivity (Wildman–Crippen MR) is 91.5 cm³/mol. The zero-order chi connectivity index (χ0) is 16.8. The molecule has 0 bridgehead atoms. The van der Waals surface area contributed by atoms with Crippen molar-refractivity contribution in [3.05, 3.63) is 48.3 Å². The van der Waals surface area contributed by atoms with Crippen molar-refractivity contribution < 1.29 is 13.9 Å². The third-order valence-corrected chi connectivity index (χ3v) is 4.19. The summed E-state index contributed by atoms with van der Waals surface area (Å²) in [5.41, 5.74) is 1.99. The SMILES string of the molecule is COc1cc(OC)cc(-c2nnc(SCCc3ccncc3)o2)c1. The Morgan fingerprint density at radius 3 is 2.38 bits per heavy atom. The Kier molecular flexibility index (Phi) is 5.32. The van der Waals surface area contributed by atoms with Gasteiger partial charge in [-0.3, -0.25) is 4.98 Å². The normalized spacial score (nSPS) is 10.6. The smallest absolute Gasteiger partial charge is 0.276 e. The van der Waals surface area contributed by atoms with Crippen LogP contribution in [0.5, 0.6) is 11.5 Å². The topological polar surface area (TPSA) is 70.3 Å². The van der Waals surface area contributed by atoms with Gasteiger partial charge in [0.05, 0.1) is 14.2 Å². The Hall–Kier alpha value is -2.54. The molecular formula is C17H17N3O3S. The van der Waals surface area contributed by atoms with E-state index in [-0.39, 0.29) is 0 Å². The molecule has 2 aromatic heterocycles. The number of rotatable bonds is 7. The van der Waals surface area contributed by atoms with Gasteiger partial charge >= 0.3 is 0 Å². The predicted octanol–water partition coefficient (Wildman–Crippen LogP) is 3.48. The molecule has 0 aliphatic carbocycles. The van der Waals surface area contributed by atoms with Crippen molar-refractivity contribution in [1.29, 1.82) is 0 Å². The molecular weight excluding hydrogens is 326 g/mol. The van der Waals surface area contributed by atoms with E-state index in [0.717, 1.165) is 17.7 Å². The minimum Gasteiger partial charge on any atom is -0.497 e. The van der Waals surface area contributed by atoms with E-state index in [1.54, 1.807) is 32.7 Å². The van der Waals surface area contributed by atoms with E-state index in [0.29, 0.717) is 22.6 Å². The number of aromatic nitrogens is 3. The monoisotopic (exact) mass is 343 g/mol. The lowest BCUT2D eigenvalue weighted by Gasteiger charge is -2.05. The first-order valence-corrected chi connectivity index (χ1v) is 8.35. The zero-order valence-corrected chi connectivity index (χ0v) is 14.2. The molecule has 2 heterocycles. The summed E-state index contributed by atoms with van der Waals surface area (Å²) in [5.74, 6) is 2.65. The third kappa shape index (κ3) is 4.05. The summed E-state index contributed by atoms with van der Waals surface area (Å²) in [7, 11) is 3.21. The van der Waals surface area contributed by atoms with Crippen LogP contribution in [-0.2, 0) is 6.42 Å². The van der Waals surface area contributed by atoms with Crippen LogP contribution in [0.3, 0.4) is 0 Å². The molecule has 3 aromatic rings. The largest absolute Gasteiger partial charge is 0.497 e. The first-order chi connectivity index (χ1) is 11.8. The van der Waals surface area contributed by atoms with Gasteiger partial charge in [0.1, 0.15) is 11.5 Å². The van der Waals surface area contributed by atoms with Gasteiger partial charge < -0.3 is 13.9 Å². The number of aryl methyl sites for hydroxylation is 1. The van der Waals surface area contributed by atoms with Crippen molar-refractivity contribution in [3.63, 3.8) is 0 Å². The summed E-state index contributed by atoms with van der Waals surface area (Å²) in [5, 5.41) is 8.73. The van der Waals surface area contributed by atoms with Gasteiger partial charge in [0.15, 0.2) is 0 Å². The summed E-state index contributed by atoms with van der Waals surface area (Å²) >= 11 is 1.53. The van der Waals surface area contributed by atoms with Gasteiger partial charge in [-0.05, 0) is 36.2 Å². The van der Waals surface area contributed by atoms with E-state index in [9.17, 15) is 0 Å². The maximum Gasteiger partial charge on any atom is 0.276 e. The average molecular weight is 343 g/mol. The second-order valence-corrected chi connectivity index (χ2v) is 5.97. The lowest BCUT2D eigenvalue weighted by molar-refractivity contribution is 0.394. The summed E-state index contributed by atoms with van der Waals surface area (Å²) in [6.07, 6.45) is 4.50.